The van der Waals surface area contributed by atoms with E-state index in [-0.39, 0.29) is 0 Å². The van der Waals surface area contributed by atoms with Gasteiger partial charge in [-0.1, -0.05) is 188 Å². The SMILES string of the molecule is c1ccc(-c2nc(-c3ccc4c(c3)C(c3ccccc3)(c3ccccc3)c3ccccc3-4)cc(-c3ccccc3-c3cccc4c3oc3ccccc34)n2)cc1. The molecule has 262 valence electrons. The summed E-state index contributed by atoms with van der Waals surface area (Å²) < 4.78 is 6.54. The number of benzene rings is 8. The van der Waals surface area contributed by atoms with Crippen LogP contribution in [0.5, 0.6) is 0 Å². The van der Waals surface area contributed by atoms with Crippen molar-refractivity contribution in [2.75, 3.05) is 0 Å². The predicted octanol–water partition coefficient (Wildman–Crippen LogP) is 13.4. The first-order valence-electron chi connectivity index (χ1n) is 19.1. The predicted molar refractivity (Wildman–Crippen MR) is 228 cm³/mol. The van der Waals surface area contributed by atoms with Gasteiger partial charge in [0.1, 0.15) is 11.2 Å². The van der Waals surface area contributed by atoms with Crippen molar-refractivity contribution in [3.8, 4) is 56.2 Å². The first-order valence-corrected chi connectivity index (χ1v) is 19.1. The second-order valence-electron chi connectivity index (χ2n) is 14.4. The zero-order chi connectivity index (χ0) is 37.1. The summed E-state index contributed by atoms with van der Waals surface area (Å²) >= 11 is 0. The number of hydrogen-bond acceptors (Lipinski definition) is 3. The quantitative estimate of drug-likeness (QED) is 0.172. The van der Waals surface area contributed by atoms with Crippen LogP contribution in [-0.2, 0) is 5.41 Å². The molecule has 0 atom stereocenters. The Morgan fingerprint density at radius 2 is 0.929 bits per heavy atom. The monoisotopic (exact) mass is 714 g/mol. The average molecular weight is 715 g/mol. The molecule has 3 nitrogen and oxygen atoms in total. The fourth-order valence-electron chi connectivity index (χ4n) is 8.95. The summed E-state index contributed by atoms with van der Waals surface area (Å²) in [6.07, 6.45) is 0. The molecule has 0 amide bonds. The van der Waals surface area contributed by atoms with Gasteiger partial charge in [-0.2, -0.15) is 0 Å². The van der Waals surface area contributed by atoms with Crippen LogP contribution in [-0.4, -0.2) is 9.97 Å². The normalized spacial score (nSPS) is 12.8. The molecule has 1 aliphatic carbocycles. The highest BCUT2D eigenvalue weighted by atomic mass is 16.3. The lowest BCUT2D eigenvalue weighted by Gasteiger charge is -2.34. The number of aromatic nitrogens is 2. The fraction of sp³-hybridized carbons (Fsp3) is 0.0189. The van der Waals surface area contributed by atoms with Gasteiger partial charge in [0, 0.05) is 33.0 Å². The molecule has 3 heteroatoms. The van der Waals surface area contributed by atoms with Crippen LogP contribution in [0.1, 0.15) is 22.3 Å². The van der Waals surface area contributed by atoms with Crippen molar-refractivity contribution < 1.29 is 4.42 Å². The van der Waals surface area contributed by atoms with Crippen LogP contribution in [0.4, 0.5) is 0 Å². The van der Waals surface area contributed by atoms with E-state index in [0.717, 1.165) is 61.1 Å². The third kappa shape index (κ3) is 4.91. The smallest absolute Gasteiger partial charge is 0.160 e. The maximum atomic E-state index is 6.54. The molecule has 0 saturated carbocycles. The topological polar surface area (TPSA) is 38.9 Å². The summed E-state index contributed by atoms with van der Waals surface area (Å²) in [6.45, 7) is 0. The summed E-state index contributed by atoms with van der Waals surface area (Å²) in [6, 6.07) is 73.2. The van der Waals surface area contributed by atoms with Gasteiger partial charge in [0.2, 0.25) is 0 Å². The molecule has 8 aromatic carbocycles. The lowest BCUT2D eigenvalue weighted by molar-refractivity contribution is 0.670. The van der Waals surface area contributed by atoms with E-state index in [2.05, 4.69) is 176 Å². The number of para-hydroxylation sites is 2. The van der Waals surface area contributed by atoms with Crippen LogP contribution in [0.15, 0.2) is 211 Å². The molecule has 10 aromatic rings. The van der Waals surface area contributed by atoms with Crippen molar-refractivity contribution in [1.82, 2.24) is 9.97 Å². The first kappa shape index (κ1) is 32.1. The van der Waals surface area contributed by atoms with Crippen molar-refractivity contribution in [3.05, 3.63) is 229 Å². The van der Waals surface area contributed by atoms with E-state index >= 15 is 0 Å². The Kier molecular flexibility index (Phi) is 7.39. The molecule has 2 heterocycles. The van der Waals surface area contributed by atoms with Crippen molar-refractivity contribution in [3.63, 3.8) is 0 Å². The Morgan fingerprint density at radius 3 is 1.70 bits per heavy atom. The number of furan rings is 1. The fourth-order valence-corrected chi connectivity index (χ4v) is 8.95. The summed E-state index contributed by atoms with van der Waals surface area (Å²) in [5.41, 5.74) is 15.5. The standard InChI is InChI=1S/C53H34N2O/c1-4-17-35(18-5-1)52-54-48(34-49(55-52)42-25-11-10-23-39(42)44-27-16-28-45-43-26-13-15-30-50(43)56-51(44)45)36-31-32-41-40-24-12-14-29-46(40)53(47(41)33-36,37-19-6-2-7-20-37)38-21-8-3-9-22-38/h1-34H. The van der Waals surface area contributed by atoms with Gasteiger partial charge in [0.25, 0.3) is 0 Å². The number of hydrogen-bond donors (Lipinski definition) is 0. The molecular weight excluding hydrogens is 681 g/mol. The van der Waals surface area contributed by atoms with Gasteiger partial charge in [-0.15, -0.1) is 0 Å². The molecule has 0 aliphatic heterocycles. The minimum absolute atomic E-state index is 0.513. The highest BCUT2D eigenvalue weighted by molar-refractivity contribution is 6.10. The molecule has 11 rings (SSSR count). The van der Waals surface area contributed by atoms with Crippen LogP contribution >= 0.6 is 0 Å². The van der Waals surface area contributed by atoms with Crippen LogP contribution in [0.25, 0.3) is 78.1 Å². The molecule has 0 saturated heterocycles. The molecule has 0 radical (unpaired) electrons. The Bertz CT molecular complexity index is 3040. The minimum Gasteiger partial charge on any atom is -0.455 e. The summed E-state index contributed by atoms with van der Waals surface area (Å²) in [5, 5.41) is 2.21. The van der Waals surface area contributed by atoms with E-state index in [1.54, 1.807) is 0 Å². The van der Waals surface area contributed by atoms with Gasteiger partial charge in [-0.3, -0.25) is 0 Å². The molecule has 0 N–H and O–H groups in total. The Hall–Kier alpha value is -7.36. The summed E-state index contributed by atoms with van der Waals surface area (Å²) in [5.74, 6) is 0.677. The van der Waals surface area contributed by atoms with E-state index in [0.29, 0.717) is 5.82 Å². The van der Waals surface area contributed by atoms with Gasteiger partial charge in [-0.05, 0) is 57.1 Å². The zero-order valence-corrected chi connectivity index (χ0v) is 30.4. The van der Waals surface area contributed by atoms with Crippen LogP contribution in [0.2, 0.25) is 0 Å². The van der Waals surface area contributed by atoms with Crippen LogP contribution in [0.3, 0.4) is 0 Å². The van der Waals surface area contributed by atoms with Gasteiger partial charge in [0.15, 0.2) is 5.82 Å². The van der Waals surface area contributed by atoms with Gasteiger partial charge < -0.3 is 4.42 Å². The maximum Gasteiger partial charge on any atom is 0.160 e. The van der Waals surface area contributed by atoms with Crippen molar-refractivity contribution in [2.24, 2.45) is 0 Å². The third-order valence-electron chi connectivity index (χ3n) is 11.4. The van der Waals surface area contributed by atoms with Crippen molar-refractivity contribution >= 4 is 21.9 Å². The average Bonchev–Trinajstić information content (AvgIpc) is 3.81. The first-order chi connectivity index (χ1) is 27.8. The lowest BCUT2D eigenvalue weighted by atomic mass is 9.67. The van der Waals surface area contributed by atoms with E-state index < -0.39 is 5.41 Å². The molecule has 2 aromatic heterocycles. The highest BCUT2D eigenvalue weighted by Crippen LogP contribution is 2.56. The molecule has 0 bridgehead atoms. The molecule has 0 fully saturated rings. The largest absolute Gasteiger partial charge is 0.455 e. The lowest BCUT2D eigenvalue weighted by Crippen LogP contribution is -2.28. The zero-order valence-electron chi connectivity index (χ0n) is 30.4. The maximum absolute atomic E-state index is 6.54. The molecule has 0 unspecified atom stereocenters. The number of fused-ring (bicyclic) bond motifs is 6. The Labute approximate surface area is 325 Å². The Morgan fingerprint density at radius 1 is 0.357 bits per heavy atom. The third-order valence-corrected chi connectivity index (χ3v) is 11.4. The Balaban J connectivity index is 1.15. The van der Waals surface area contributed by atoms with Crippen LogP contribution in [0, 0.1) is 0 Å². The molecule has 1 aliphatic rings. The van der Waals surface area contributed by atoms with Crippen molar-refractivity contribution in [2.45, 2.75) is 5.41 Å². The second kappa shape index (κ2) is 12.9. The van der Waals surface area contributed by atoms with E-state index in [1.807, 2.05) is 30.3 Å². The summed E-state index contributed by atoms with van der Waals surface area (Å²) in [7, 11) is 0. The van der Waals surface area contributed by atoms with E-state index in [4.69, 9.17) is 14.4 Å². The summed E-state index contributed by atoms with van der Waals surface area (Å²) in [4.78, 5) is 10.6. The number of rotatable bonds is 6. The van der Waals surface area contributed by atoms with E-state index in [1.165, 1.54) is 33.4 Å². The molecule has 56 heavy (non-hydrogen) atoms. The van der Waals surface area contributed by atoms with Crippen LogP contribution < -0.4 is 0 Å². The van der Waals surface area contributed by atoms with Gasteiger partial charge in [-0.25, -0.2) is 9.97 Å². The number of nitrogens with zero attached hydrogens (tertiary/aromatic N) is 2. The van der Waals surface area contributed by atoms with E-state index in [9.17, 15) is 0 Å². The second-order valence-corrected chi connectivity index (χ2v) is 14.4. The molecule has 0 spiro atoms. The van der Waals surface area contributed by atoms with Crippen molar-refractivity contribution in [1.29, 1.82) is 0 Å². The van der Waals surface area contributed by atoms with Gasteiger partial charge in [0.05, 0.1) is 16.8 Å². The highest BCUT2D eigenvalue weighted by Gasteiger charge is 2.46. The molecular formula is C53H34N2O. The minimum atomic E-state index is -0.513. The van der Waals surface area contributed by atoms with Gasteiger partial charge >= 0.3 is 0 Å².